The third-order valence-electron chi connectivity index (χ3n) is 3.94. The van der Waals surface area contributed by atoms with Crippen LogP contribution < -0.4 is 10.6 Å². The Hall–Kier alpha value is -2.44. The highest BCUT2D eigenvalue weighted by molar-refractivity contribution is 5.90. The highest BCUT2D eigenvalue weighted by Crippen LogP contribution is 2.17. The van der Waals surface area contributed by atoms with E-state index in [1.54, 1.807) is 12.4 Å². The Balaban J connectivity index is 1.56. The summed E-state index contributed by atoms with van der Waals surface area (Å²) < 4.78 is 5.38. The molecule has 2 amide bonds. The van der Waals surface area contributed by atoms with E-state index in [0.29, 0.717) is 6.54 Å². The summed E-state index contributed by atoms with van der Waals surface area (Å²) in [5.41, 5.74) is 2.91. The number of ether oxygens (including phenoxy) is 1. The van der Waals surface area contributed by atoms with Crippen LogP contribution in [0.15, 0.2) is 48.8 Å². The molecule has 2 aromatic rings. The van der Waals surface area contributed by atoms with Crippen molar-refractivity contribution < 1.29 is 9.53 Å². The molecule has 1 saturated heterocycles. The number of nitrogens with one attached hydrogen (secondary N) is 2. The second kappa shape index (κ2) is 8.42. The van der Waals surface area contributed by atoms with Gasteiger partial charge in [-0.1, -0.05) is 24.3 Å². The van der Waals surface area contributed by atoms with Crippen molar-refractivity contribution >= 4 is 11.7 Å². The van der Waals surface area contributed by atoms with Crippen LogP contribution in [-0.4, -0.2) is 42.2 Å². The lowest BCUT2D eigenvalue weighted by Crippen LogP contribution is -2.36. The number of nitrogens with zero attached hydrogens (tertiary/aromatic N) is 2. The van der Waals surface area contributed by atoms with E-state index < -0.39 is 0 Å². The predicted molar refractivity (Wildman–Crippen MR) is 92.6 cm³/mol. The van der Waals surface area contributed by atoms with Crippen LogP contribution >= 0.6 is 0 Å². The molecule has 126 valence electrons. The number of benzene rings is 1. The van der Waals surface area contributed by atoms with Crippen molar-refractivity contribution in [2.24, 2.45) is 0 Å². The molecule has 3 rings (SSSR count). The fourth-order valence-corrected chi connectivity index (χ4v) is 2.63. The van der Waals surface area contributed by atoms with Gasteiger partial charge in [0, 0.05) is 44.3 Å². The molecule has 1 aliphatic heterocycles. The number of aromatic nitrogens is 1. The van der Waals surface area contributed by atoms with Crippen LogP contribution in [0.4, 0.5) is 10.5 Å². The molecule has 0 radical (unpaired) electrons. The highest BCUT2D eigenvalue weighted by atomic mass is 16.5. The molecule has 0 saturated carbocycles. The zero-order valence-corrected chi connectivity index (χ0v) is 13.6. The number of hydrogen-bond donors (Lipinski definition) is 2. The quantitative estimate of drug-likeness (QED) is 0.884. The summed E-state index contributed by atoms with van der Waals surface area (Å²) in [6, 6.07) is 11.5. The molecular weight excluding hydrogens is 304 g/mol. The number of hydrogen-bond acceptors (Lipinski definition) is 4. The van der Waals surface area contributed by atoms with Crippen molar-refractivity contribution in [3.63, 3.8) is 0 Å². The van der Waals surface area contributed by atoms with Crippen LogP contribution in [0.3, 0.4) is 0 Å². The maximum absolute atomic E-state index is 12.2. The Morgan fingerprint density at radius 2 is 2.00 bits per heavy atom. The number of para-hydroxylation sites is 1. The predicted octanol–water partition coefficient (Wildman–Crippen LogP) is 2.24. The lowest BCUT2D eigenvalue weighted by atomic mass is 10.1. The highest BCUT2D eigenvalue weighted by Gasteiger charge is 2.13. The maximum atomic E-state index is 12.2. The van der Waals surface area contributed by atoms with Gasteiger partial charge in [-0.05, 0) is 23.3 Å². The number of amides is 2. The van der Waals surface area contributed by atoms with Crippen LogP contribution in [0.2, 0.25) is 0 Å². The third-order valence-corrected chi connectivity index (χ3v) is 3.94. The van der Waals surface area contributed by atoms with Crippen molar-refractivity contribution in [3.8, 4) is 0 Å². The fourth-order valence-electron chi connectivity index (χ4n) is 2.63. The number of rotatable bonds is 5. The van der Waals surface area contributed by atoms with E-state index in [4.69, 9.17) is 4.74 Å². The van der Waals surface area contributed by atoms with Gasteiger partial charge in [-0.2, -0.15) is 0 Å². The summed E-state index contributed by atoms with van der Waals surface area (Å²) in [6.07, 6.45) is 3.46. The van der Waals surface area contributed by atoms with E-state index in [1.807, 2.05) is 36.4 Å². The van der Waals surface area contributed by atoms with Crippen molar-refractivity contribution in [2.75, 3.05) is 31.6 Å². The van der Waals surface area contributed by atoms with Gasteiger partial charge in [0.25, 0.3) is 0 Å². The summed E-state index contributed by atoms with van der Waals surface area (Å²) in [5.74, 6) is 0. The van der Waals surface area contributed by atoms with Crippen LogP contribution in [0.5, 0.6) is 0 Å². The SMILES string of the molecule is O=C(NCc1cccnc1)Nc1ccccc1CN1CCOCC1. The fraction of sp³-hybridized carbons (Fsp3) is 0.333. The van der Waals surface area contributed by atoms with Gasteiger partial charge >= 0.3 is 6.03 Å². The molecule has 6 nitrogen and oxygen atoms in total. The molecule has 0 aliphatic carbocycles. The first kappa shape index (κ1) is 16.4. The molecule has 1 fully saturated rings. The van der Waals surface area contributed by atoms with Gasteiger partial charge < -0.3 is 15.4 Å². The lowest BCUT2D eigenvalue weighted by molar-refractivity contribution is 0.0343. The third kappa shape index (κ3) is 4.78. The molecular formula is C18H22N4O2. The van der Waals surface area contributed by atoms with Crippen molar-refractivity contribution in [1.29, 1.82) is 0 Å². The monoisotopic (exact) mass is 326 g/mol. The first-order chi connectivity index (χ1) is 11.8. The van der Waals surface area contributed by atoms with E-state index in [-0.39, 0.29) is 6.03 Å². The normalized spacial score (nSPS) is 15.0. The molecule has 1 aliphatic rings. The summed E-state index contributed by atoms with van der Waals surface area (Å²) in [7, 11) is 0. The van der Waals surface area contributed by atoms with Crippen molar-refractivity contribution in [2.45, 2.75) is 13.1 Å². The van der Waals surface area contributed by atoms with E-state index >= 15 is 0 Å². The minimum absolute atomic E-state index is 0.215. The van der Waals surface area contributed by atoms with Gasteiger partial charge in [0.15, 0.2) is 0 Å². The molecule has 24 heavy (non-hydrogen) atoms. The maximum Gasteiger partial charge on any atom is 0.319 e. The van der Waals surface area contributed by atoms with E-state index in [1.165, 1.54) is 0 Å². The van der Waals surface area contributed by atoms with Gasteiger partial charge in [-0.15, -0.1) is 0 Å². The number of morpholine rings is 1. The van der Waals surface area contributed by atoms with Crippen LogP contribution in [0.25, 0.3) is 0 Å². The van der Waals surface area contributed by atoms with Crippen LogP contribution in [0, 0.1) is 0 Å². The van der Waals surface area contributed by atoms with Gasteiger partial charge in [0.05, 0.1) is 13.2 Å². The molecule has 0 spiro atoms. The molecule has 6 heteroatoms. The Morgan fingerprint density at radius 3 is 2.79 bits per heavy atom. The van der Waals surface area contributed by atoms with Gasteiger partial charge in [-0.3, -0.25) is 9.88 Å². The Bertz CT molecular complexity index is 657. The number of carbonyl (C=O) groups excluding carboxylic acids is 1. The zero-order valence-electron chi connectivity index (χ0n) is 13.6. The molecule has 2 N–H and O–H groups in total. The number of urea groups is 1. The van der Waals surface area contributed by atoms with E-state index in [0.717, 1.165) is 49.7 Å². The molecule has 0 unspecified atom stereocenters. The number of anilines is 1. The first-order valence-corrected chi connectivity index (χ1v) is 8.13. The summed E-state index contributed by atoms with van der Waals surface area (Å²) in [5, 5.41) is 5.80. The molecule has 1 aromatic heterocycles. The Morgan fingerprint density at radius 1 is 1.17 bits per heavy atom. The molecule has 0 atom stereocenters. The largest absolute Gasteiger partial charge is 0.379 e. The molecule has 2 heterocycles. The average Bonchev–Trinajstić information content (AvgIpc) is 2.63. The summed E-state index contributed by atoms with van der Waals surface area (Å²) in [4.78, 5) is 18.5. The van der Waals surface area contributed by atoms with Gasteiger partial charge in [-0.25, -0.2) is 4.79 Å². The number of carbonyl (C=O) groups is 1. The van der Waals surface area contributed by atoms with E-state index in [2.05, 4.69) is 20.5 Å². The van der Waals surface area contributed by atoms with Gasteiger partial charge in [0.1, 0.15) is 0 Å². The Kier molecular flexibility index (Phi) is 5.76. The van der Waals surface area contributed by atoms with Crippen LogP contribution in [0.1, 0.15) is 11.1 Å². The topological polar surface area (TPSA) is 66.5 Å². The smallest absolute Gasteiger partial charge is 0.319 e. The average molecular weight is 326 g/mol. The van der Waals surface area contributed by atoms with Crippen molar-refractivity contribution in [3.05, 3.63) is 59.9 Å². The molecule has 0 bridgehead atoms. The Labute approximate surface area is 141 Å². The van der Waals surface area contributed by atoms with Crippen LogP contribution in [-0.2, 0) is 17.8 Å². The molecule has 1 aromatic carbocycles. The summed E-state index contributed by atoms with van der Waals surface area (Å²) >= 11 is 0. The second-order valence-corrected chi connectivity index (χ2v) is 5.71. The standard InChI is InChI=1S/C18H22N4O2/c23-18(20-13-15-4-3-7-19-12-15)21-17-6-2-1-5-16(17)14-22-8-10-24-11-9-22/h1-7,12H,8-11,13-14H2,(H2,20,21,23). The minimum atomic E-state index is -0.215. The summed E-state index contributed by atoms with van der Waals surface area (Å²) in [6.45, 7) is 4.62. The zero-order chi connectivity index (χ0) is 16.6. The van der Waals surface area contributed by atoms with Gasteiger partial charge in [0.2, 0.25) is 0 Å². The van der Waals surface area contributed by atoms with Crippen molar-refractivity contribution in [1.82, 2.24) is 15.2 Å². The number of pyridine rings is 1. The van der Waals surface area contributed by atoms with E-state index in [9.17, 15) is 4.79 Å². The first-order valence-electron chi connectivity index (χ1n) is 8.13. The second-order valence-electron chi connectivity index (χ2n) is 5.71. The lowest BCUT2D eigenvalue weighted by Gasteiger charge is -2.27. The minimum Gasteiger partial charge on any atom is -0.379 e.